The molecule has 0 bridgehead atoms. The number of ether oxygens (including phenoxy) is 1. The minimum Gasteiger partial charge on any atom is -0.497 e. The van der Waals surface area contributed by atoms with E-state index in [1.807, 2.05) is 85.3 Å². The molecule has 1 saturated heterocycles. The summed E-state index contributed by atoms with van der Waals surface area (Å²) in [5.74, 6) is 0.758. The minimum atomic E-state index is -0.0486. The second kappa shape index (κ2) is 8.24. The fourth-order valence-electron chi connectivity index (χ4n) is 3.35. The van der Waals surface area contributed by atoms with Crippen LogP contribution in [-0.2, 0) is 4.79 Å². The largest absolute Gasteiger partial charge is 0.497 e. The predicted molar refractivity (Wildman–Crippen MR) is 124 cm³/mol. The van der Waals surface area contributed by atoms with Crippen molar-refractivity contribution in [2.24, 2.45) is 4.99 Å². The van der Waals surface area contributed by atoms with Gasteiger partial charge in [-0.05, 0) is 79.2 Å². The molecule has 0 radical (unpaired) electrons. The van der Waals surface area contributed by atoms with Gasteiger partial charge < -0.3 is 9.30 Å². The first-order valence-electron chi connectivity index (χ1n) is 9.62. The number of likely N-dealkylation sites (N-methyl/N-ethyl adjacent to an activating group) is 1. The number of carbonyl (C=O) groups excluding carboxylic acids is 1. The van der Waals surface area contributed by atoms with Gasteiger partial charge in [-0.2, -0.15) is 0 Å². The van der Waals surface area contributed by atoms with Crippen LogP contribution in [0.4, 0.5) is 5.69 Å². The van der Waals surface area contributed by atoms with Crippen LogP contribution in [0.15, 0.2) is 70.7 Å². The van der Waals surface area contributed by atoms with E-state index >= 15 is 0 Å². The minimum absolute atomic E-state index is 0.0486. The van der Waals surface area contributed by atoms with Crippen LogP contribution in [0.25, 0.3) is 11.8 Å². The first kappa shape index (κ1) is 20.0. The molecular formula is C24H23N3O2S. The number of amidine groups is 1. The fourth-order valence-corrected chi connectivity index (χ4v) is 4.31. The van der Waals surface area contributed by atoms with Crippen LogP contribution in [0.3, 0.4) is 0 Å². The molecule has 4 rings (SSSR count). The summed E-state index contributed by atoms with van der Waals surface area (Å²) in [6.07, 6.45) is 3.90. The zero-order chi connectivity index (χ0) is 21.3. The molecule has 30 heavy (non-hydrogen) atoms. The number of methoxy groups -OCH3 is 1. The quantitative estimate of drug-likeness (QED) is 0.539. The average molecular weight is 418 g/mol. The lowest BCUT2D eigenvalue weighted by Gasteiger charge is -2.10. The van der Waals surface area contributed by atoms with Crippen LogP contribution in [0, 0.1) is 13.8 Å². The van der Waals surface area contributed by atoms with Crippen LogP contribution in [0.1, 0.15) is 16.8 Å². The lowest BCUT2D eigenvalue weighted by Crippen LogP contribution is -2.23. The van der Waals surface area contributed by atoms with Crippen molar-refractivity contribution in [3.63, 3.8) is 0 Å². The van der Waals surface area contributed by atoms with Gasteiger partial charge in [-0.1, -0.05) is 18.2 Å². The van der Waals surface area contributed by atoms with Crippen LogP contribution in [0.5, 0.6) is 5.75 Å². The number of para-hydroxylation sites is 1. The van der Waals surface area contributed by atoms with Crippen molar-refractivity contribution in [2.75, 3.05) is 14.2 Å². The van der Waals surface area contributed by atoms with Crippen molar-refractivity contribution < 1.29 is 9.53 Å². The highest BCUT2D eigenvalue weighted by Gasteiger charge is 2.31. The summed E-state index contributed by atoms with van der Waals surface area (Å²) < 4.78 is 7.28. The molecule has 2 aromatic carbocycles. The van der Waals surface area contributed by atoms with E-state index in [1.165, 1.54) is 11.8 Å². The molecule has 1 aromatic heterocycles. The molecule has 152 valence electrons. The Morgan fingerprint density at radius 2 is 1.70 bits per heavy atom. The second-order valence-electron chi connectivity index (χ2n) is 7.11. The monoisotopic (exact) mass is 417 g/mol. The molecule has 1 fully saturated rings. The molecule has 1 aliphatic rings. The Hall–Kier alpha value is -3.25. The number of nitrogens with zero attached hydrogens (tertiary/aromatic N) is 3. The average Bonchev–Trinajstić information content (AvgIpc) is 3.31. The standard InChI is InChI=1S/C24H23N3O2S/c1-16-7-5-8-17(2)22(16)25-24-26(3)23(28)21(30-24)15-19-9-6-14-27(19)18-10-12-20(29-4)13-11-18/h5-15H,1-4H3/b21-15-,25-24?. The van der Waals surface area contributed by atoms with Gasteiger partial charge in [0.2, 0.25) is 0 Å². The van der Waals surface area contributed by atoms with Crippen molar-refractivity contribution in [1.82, 2.24) is 9.47 Å². The number of aryl methyl sites for hydroxylation is 2. The van der Waals surface area contributed by atoms with E-state index in [0.717, 1.165) is 33.9 Å². The summed E-state index contributed by atoms with van der Waals surface area (Å²) >= 11 is 1.40. The number of hydrogen-bond donors (Lipinski definition) is 0. The van der Waals surface area contributed by atoms with Crippen LogP contribution in [0.2, 0.25) is 0 Å². The molecule has 5 nitrogen and oxygen atoms in total. The normalized spacial score (nSPS) is 16.7. The maximum atomic E-state index is 12.9. The molecule has 1 aliphatic heterocycles. The molecule has 6 heteroatoms. The van der Waals surface area contributed by atoms with E-state index in [-0.39, 0.29) is 5.91 Å². The van der Waals surface area contributed by atoms with Gasteiger partial charge in [0.1, 0.15) is 5.75 Å². The van der Waals surface area contributed by atoms with Crippen molar-refractivity contribution in [1.29, 1.82) is 0 Å². The summed E-state index contributed by atoms with van der Waals surface area (Å²) in [6.45, 7) is 4.07. The maximum Gasteiger partial charge on any atom is 0.266 e. The number of thioether (sulfide) groups is 1. The van der Waals surface area contributed by atoms with E-state index in [0.29, 0.717) is 10.1 Å². The summed E-state index contributed by atoms with van der Waals surface area (Å²) in [5, 5.41) is 0.686. The summed E-state index contributed by atoms with van der Waals surface area (Å²) in [4.78, 5) is 19.9. The first-order valence-corrected chi connectivity index (χ1v) is 10.4. The van der Waals surface area contributed by atoms with Crippen molar-refractivity contribution in [3.8, 4) is 11.4 Å². The lowest BCUT2D eigenvalue weighted by molar-refractivity contribution is -0.121. The van der Waals surface area contributed by atoms with E-state index in [9.17, 15) is 4.79 Å². The van der Waals surface area contributed by atoms with Gasteiger partial charge in [0, 0.05) is 24.6 Å². The van der Waals surface area contributed by atoms with Gasteiger partial charge >= 0.3 is 0 Å². The fraction of sp³-hybridized carbons (Fsp3) is 0.167. The molecule has 0 N–H and O–H groups in total. The molecule has 0 spiro atoms. The number of hydrogen-bond acceptors (Lipinski definition) is 4. The smallest absolute Gasteiger partial charge is 0.266 e. The first-order chi connectivity index (χ1) is 14.5. The molecule has 2 heterocycles. The Morgan fingerprint density at radius 1 is 1.00 bits per heavy atom. The predicted octanol–water partition coefficient (Wildman–Crippen LogP) is 5.34. The molecule has 0 unspecified atom stereocenters. The van der Waals surface area contributed by atoms with E-state index in [1.54, 1.807) is 19.1 Å². The SMILES string of the molecule is COc1ccc(-n2cccc2/C=C2\SC(=Nc3c(C)cccc3C)N(C)C2=O)cc1. The zero-order valence-corrected chi connectivity index (χ0v) is 18.2. The molecular weight excluding hydrogens is 394 g/mol. The lowest BCUT2D eigenvalue weighted by atomic mass is 10.1. The van der Waals surface area contributed by atoms with Crippen LogP contribution >= 0.6 is 11.8 Å². The summed E-state index contributed by atoms with van der Waals surface area (Å²) in [6, 6.07) is 17.9. The third kappa shape index (κ3) is 3.78. The van der Waals surface area contributed by atoms with E-state index in [2.05, 4.69) is 0 Å². The van der Waals surface area contributed by atoms with Crippen molar-refractivity contribution in [2.45, 2.75) is 13.8 Å². The Labute approximate surface area is 180 Å². The molecule has 1 amide bonds. The zero-order valence-electron chi connectivity index (χ0n) is 17.4. The van der Waals surface area contributed by atoms with Gasteiger partial charge in [-0.3, -0.25) is 9.69 Å². The highest BCUT2D eigenvalue weighted by Crippen LogP contribution is 2.35. The Balaban J connectivity index is 1.67. The van der Waals surface area contributed by atoms with Gasteiger partial charge in [-0.25, -0.2) is 4.99 Å². The Kier molecular flexibility index (Phi) is 5.50. The summed E-state index contributed by atoms with van der Waals surface area (Å²) in [5.41, 5.74) is 5.03. The number of benzene rings is 2. The number of carbonyl (C=O) groups is 1. The van der Waals surface area contributed by atoms with Crippen LogP contribution < -0.4 is 4.74 Å². The van der Waals surface area contributed by atoms with Gasteiger partial charge in [0.25, 0.3) is 5.91 Å². The third-order valence-electron chi connectivity index (χ3n) is 5.06. The number of aliphatic imine (C=N–C) groups is 1. The van der Waals surface area contributed by atoms with Gasteiger partial charge in [0.05, 0.1) is 17.7 Å². The molecule has 0 atom stereocenters. The Morgan fingerprint density at radius 3 is 2.37 bits per heavy atom. The number of amides is 1. The highest BCUT2D eigenvalue weighted by atomic mass is 32.2. The van der Waals surface area contributed by atoms with E-state index in [4.69, 9.17) is 9.73 Å². The van der Waals surface area contributed by atoms with Gasteiger partial charge in [0.15, 0.2) is 5.17 Å². The van der Waals surface area contributed by atoms with Gasteiger partial charge in [-0.15, -0.1) is 0 Å². The van der Waals surface area contributed by atoms with E-state index < -0.39 is 0 Å². The van der Waals surface area contributed by atoms with Crippen molar-refractivity contribution >= 4 is 34.6 Å². The second-order valence-corrected chi connectivity index (χ2v) is 8.12. The van der Waals surface area contributed by atoms with Crippen molar-refractivity contribution in [3.05, 3.63) is 82.5 Å². The Bertz CT molecular complexity index is 1140. The molecule has 0 aliphatic carbocycles. The topological polar surface area (TPSA) is 46.8 Å². The highest BCUT2D eigenvalue weighted by molar-refractivity contribution is 8.18. The molecule has 0 saturated carbocycles. The molecule has 3 aromatic rings. The maximum absolute atomic E-state index is 12.9. The third-order valence-corrected chi connectivity index (χ3v) is 6.12. The number of rotatable bonds is 4. The van der Waals surface area contributed by atoms with Crippen LogP contribution in [-0.4, -0.2) is 34.7 Å². The number of aromatic nitrogens is 1. The summed E-state index contributed by atoms with van der Waals surface area (Å²) in [7, 11) is 3.42.